The molecule has 0 bridgehead atoms. The predicted molar refractivity (Wildman–Crippen MR) is 148 cm³/mol. The van der Waals surface area contributed by atoms with Crippen LogP contribution in [0.5, 0.6) is 11.5 Å². The quantitative estimate of drug-likeness (QED) is 0.322. The van der Waals surface area contributed by atoms with Gasteiger partial charge in [0.25, 0.3) is 0 Å². The number of benzene rings is 4. The summed E-state index contributed by atoms with van der Waals surface area (Å²) in [6.07, 6.45) is -0.392. The van der Waals surface area contributed by atoms with Crippen LogP contribution in [0.25, 0.3) is 21.5 Å². The lowest BCUT2D eigenvalue weighted by Gasteiger charge is -2.36. The molecule has 1 heterocycles. The monoisotopic (exact) mass is 500 g/mol. The van der Waals surface area contributed by atoms with E-state index < -0.39 is 12.2 Å². The van der Waals surface area contributed by atoms with Gasteiger partial charge in [-0.1, -0.05) is 72.8 Å². The first-order valence-corrected chi connectivity index (χ1v) is 13.2. The van der Waals surface area contributed by atoms with Crippen molar-refractivity contribution in [3.63, 3.8) is 0 Å². The zero-order valence-electron chi connectivity index (χ0n) is 21.2. The first-order valence-electron chi connectivity index (χ1n) is 13.2. The van der Waals surface area contributed by atoms with Gasteiger partial charge in [-0.15, -0.1) is 0 Å². The van der Waals surface area contributed by atoms with Gasteiger partial charge < -0.3 is 19.7 Å². The van der Waals surface area contributed by atoms with Crippen LogP contribution in [0, 0.1) is 0 Å². The van der Waals surface area contributed by atoms with Gasteiger partial charge in [0.05, 0.1) is 12.7 Å². The minimum absolute atomic E-state index is 0.267. The van der Waals surface area contributed by atoms with E-state index in [0.717, 1.165) is 59.2 Å². The summed E-state index contributed by atoms with van der Waals surface area (Å²) in [5.41, 5.74) is 0. The fourth-order valence-electron chi connectivity index (χ4n) is 5.03. The first kappa shape index (κ1) is 25.5. The van der Waals surface area contributed by atoms with E-state index in [1.54, 1.807) is 0 Å². The minimum atomic E-state index is -0.553. The minimum Gasteiger partial charge on any atom is -0.493 e. The van der Waals surface area contributed by atoms with Crippen molar-refractivity contribution in [1.82, 2.24) is 9.80 Å². The van der Waals surface area contributed by atoms with Crippen LogP contribution in [0.1, 0.15) is 6.42 Å². The zero-order valence-corrected chi connectivity index (χ0v) is 21.2. The largest absolute Gasteiger partial charge is 0.493 e. The Morgan fingerprint density at radius 1 is 0.595 bits per heavy atom. The number of β-amino-alcohol motifs (C(OH)–C–C–N with tert-alkyl or cyclic N) is 2. The van der Waals surface area contributed by atoms with Crippen molar-refractivity contribution in [2.45, 2.75) is 18.6 Å². The molecule has 0 amide bonds. The molecule has 1 saturated heterocycles. The summed E-state index contributed by atoms with van der Waals surface area (Å²) in [7, 11) is 0. The molecular formula is C31H36N2O4. The third kappa shape index (κ3) is 6.79. The smallest absolute Gasteiger partial charge is 0.127 e. The van der Waals surface area contributed by atoms with Gasteiger partial charge in [-0.2, -0.15) is 0 Å². The van der Waals surface area contributed by atoms with E-state index in [-0.39, 0.29) is 6.61 Å². The summed E-state index contributed by atoms with van der Waals surface area (Å²) in [5.74, 6) is 1.67. The van der Waals surface area contributed by atoms with Crippen LogP contribution in [0.3, 0.4) is 0 Å². The lowest BCUT2D eigenvalue weighted by molar-refractivity contribution is 0.0302. The van der Waals surface area contributed by atoms with Crippen molar-refractivity contribution in [3.8, 4) is 11.5 Å². The van der Waals surface area contributed by atoms with Crippen LogP contribution >= 0.6 is 0 Å². The number of aliphatic hydroxyl groups excluding tert-OH is 2. The summed E-state index contributed by atoms with van der Waals surface area (Å²) in [6.45, 7) is 5.45. The molecule has 1 fully saturated rings. The number of hydrogen-bond donors (Lipinski definition) is 2. The number of piperazine rings is 1. The van der Waals surface area contributed by atoms with Crippen molar-refractivity contribution in [1.29, 1.82) is 0 Å². The SMILES string of the molecule is O[C@H](CCOc1cccc2ccccc12)CN1CCN(C[C@@H](O)COc2cccc3ccccc23)CC1. The van der Waals surface area contributed by atoms with Gasteiger partial charge in [-0.25, -0.2) is 0 Å². The van der Waals surface area contributed by atoms with Crippen LogP contribution in [0.15, 0.2) is 84.9 Å². The second-order valence-corrected chi connectivity index (χ2v) is 9.81. The van der Waals surface area contributed by atoms with Crippen molar-refractivity contribution < 1.29 is 19.7 Å². The second kappa shape index (κ2) is 12.4. The Kier molecular flexibility index (Phi) is 8.53. The molecule has 0 aliphatic carbocycles. The first-order chi connectivity index (χ1) is 18.2. The van der Waals surface area contributed by atoms with E-state index >= 15 is 0 Å². The molecule has 0 radical (unpaired) electrons. The van der Waals surface area contributed by atoms with Crippen LogP contribution < -0.4 is 9.47 Å². The fraction of sp³-hybridized carbons (Fsp3) is 0.355. The predicted octanol–water partition coefficient (Wildman–Crippen LogP) is 4.18. The molecule has 4 aromatic carbocycles. The molecule has 0 aromatic heterocycles. The average Bonchev–Trinajstić information content (AvgIpc) is 2.93. The van der Waals surface area contributed by atoms with Crippen LogP contribution in [-0.4, -0.2) is 84.7 Å². The number of ether oxygens (including phenoxy) is 2. The zero-order chi connectivity index (χ0) is 25.5. The normalized spacial score (nSPS) is 16.6. The third-order valence-corrected chi connectivity index (χ3v) is 7.04. The van der Waals surface area contributed by atoms with Crippen molar-refractivity contribution in [2.24, 2.45) is 0 Å². The van der Waals surface area contributed by atoms with Gasteiger partial charge in [0.2, 0.25) is 0 Å². The lowest BCUT2D eigenvalue weighted by atomic mass is 10.1. The molecule has 6 nitrogen and oxygen atoms in total. The maximum absolute atomic E-state index is 10.6. The molecular weight excluding hydrogens is 464 g/mol. The molecule has 0 saturated carbocycles. The van der Waals surface area contributed by atoms with Crippen LogP contribution in [0.2, 0.25) is 0 Å². The molecule has 0 unspecified atom stereocenters. The molecule has 1 aliphatic rings. The molecule has 0 spiro atoms. The Bertz CT molecular complexity index is 1280. The Morgan fingerprint density at radius 2 is 1.08 bits per heavy atom. The van der Waals surface area contributed by atoms with Gasteiger partial charge in [0.1, 0.15) is 24.2 Å². The van der Waals surface area contributed by atoms with E-state index in [4.69, 9.17) is 9.47 Å². The Balaban J connectivity index is 1.00. The molecule has 5 rings (SSSR count). The van der Waals surface area contributed by atoms with Crippen molar-refractivity contribution in [3.05, 3.63) is 84.9 Å². The lowest BCUT2D eigenvalue weighted by Crippen LogP contribution is -2.50. The average molecular weight is 501 g/mol. The number of nitrogens with zero attached hydrogens (tertiary/aromatic N) is 2. The number of fused-ring (bicyclic) bond motifs is 2. The number of rotatable bonds is 11. The van der Waals surface area contributed by atoms with Gasteiger partial charge in [-0.05, 0) is 22.9 Å². The van der Waals surface area contributed by atoms with E-state index in [2.05, 4.69) is 40.1 Å². The van der Waals surface area contributed by atoms with Crippen molar-refractivity contribution >= 4 is 21.5 Å². The Morgan fingerprint density at radius 3 is 1.68 bits per heavy atom. The van der Waals surface area contributed by atoms with Gasteiger partial charge in [0, 0.05) is 56.5 Å². The Labute approximate surface area is 218 Å². The van der Waals surface area contributed by atoms with E-state index in [9.17, 15) is 10.2 Å². The summed E-state index contributed by atoms with van der Waals surface area (Å²) in [6, 6.07) is 28.3. The van der Waals surface area contributed by atoms with Crippen molar-refractivity contribution in [2.75, 3.05) is 52.5 Å². The van der Waals surface area contributed by atoms with Crippen LogP contribution in [0.4, 0.5) is 0 Å². The molecule has 6 heteroatoms. The van der Waals surface area contributed by atoms with E-state index in [1.807, 2.05) is 54.6 Å². The van der Waals surface area contributed by atoms with Gasteiger partial charge >= 0.3 is 0 Å². The Hall–Kier alpha value is -3.16. The standard InChI is InChI=1S/C31H36N2O4/c34-26(15-20-36-30-13-5-9-24-7-1-3-11-28(24)30)21-32-16-18-33(19-17-32)22-27(35)23-37-31-14-6-10-25-8-2-4-12-29(25)31/h1-14,26-27,34-35H,15-23H2/t26-,27-/m1/s1. The molecule has 4 aromatic rings. The highest BCUT2D eigenvalue weighted by Crippen LogP contribution is 2.26. The van der Waals surface area contributed by atoms with E-state index in [1.165, 1.54) is 0 Å². The molecule has 2 atom stereocenters. The maximum atomic E-state index is 10.6. The number of hydrogen-bond acceptors (Lipinski definition) is 6. The fourth-order valence-corrected chi connectivity index (χ4v) is 5.03. The third-order valence-electron chi connectivity index (χ3n) is 7.04. The highest BCUT2D eigenvalue weighted by atomic mass is 16.5. The molecule has 37 heavy (non-hydrogen) atoms. The van der Waals surface area contributed by atoms with Gasteiger partial charge in [0.15, 0.2) is 0 Å². The molecule has 194 valence electrons. The summed E-state index contributed by atoms with van der Waals surface area (Å²) in [5, 5.41) is 25.6. The second-order valence-electron chi connectivity index (χ2n) is 9.81. The van der Waals surface area contributed by atoms with E-state index in [0.29, 0.717) is 26.1 Å². The summed E-state index contributed by atoms with van der Waals surface area (Å²) < 4.78 is 11.9. The van der Waals surface area contributed by atoms with Gasteiger partial charge in [-0.3, -0.25) is 9.80 Å². The highest BCUT2D eigenvalue weighted by Gasteiger charge is 2.21. The maximum Gasteiger partial charge on any atom is 0.127 e. The molecule has 2 N–H and O–H groups in total. The van der Waals surface area contributed by atoms with Crippen LogP contribution in [-0.2, 0) is 0 Å². The summed E-state index contributed by atoms with van der Waals surface area (Å²) in [4.78, 5) is 4.56. The number of aliphatic hydroxyl groups is 2. The molecule has 1 aliphatic heterocycles. The highest BCUT2D eigenvalue weighted by molar-refractivity contribution is 5.88. The summed E-state index contributed by atoms with van der Waals surface area (Å²) >= 11 is 0. The topological polar surface area (TPSA) is 65.4 Å².